The number of nitrogens with two attached hydrogens (primary N) is 1. The van der Waals surface area contributed by atoms with Crippen molar-refractivity contribution in [3.05, 3.63) is 59.8 Å². The van der Waals surface area contributed by atoms with Gasteiger partial charge < -0.3 is 10.2 Å². The van der Waals surface area contributed by atoms with Gasteiger partial charge in [0.1, 0.15) is 0 Å². The van der Waals surface area contributed by atoms with E-state index in [1.165, 1.54) is 16.3 Å². The van der Waals surface area contributed by atoms with Gasteiger partial charge in [0.05, 0.1) is 12.5 Å². The zero-order valence-corrected chi connectivity index (χ0v) is 10.7. The zero-order chi connectivity index (χ0) is 13.2. The van der Waals surface area contributed by atoms with Crippen LogP contribution in [0.25, 0.3) is 10.8 Å². The molecule has 96 valence electrons. The summed E-state index contributed by atoms with van der Waals surface area (Å²) < 4.78 is 5.55. The van der Waals surface area contributed by atoms with E-state index >= 15 is 0 Å². The molecule has 4 nitrogen and oxygen atoms in total. The van der Waals surface area contributed by atoms with E-state index in [0.717, 1.165) is 0 Å². The summed E-state index contributed by atoms with van der Waals surface area (Å²) >= 11 is 0. The first-order chi connectivity index (χ1) is 9.24. The third-order valence-corrected chi connectivity index (χ3v) is 3.09. The minimum Gasteiger partial charge on any atom is -0.423 e. The van der Waals surface area contributed by atoms with Crippen molar-refractivity contribution in [2.24, 2.45) is 5.73 Å². The summed E-state index contributed by atoms with van der Waals surface area (Å²) in [5.41, 5.74) is 6.89. The molecule has 0 saturated carbocycles. The van der Waals surface area contributed by atoms with Crippen LogP contribution >= 0.6 is 0 Å². The Kier molecular flexibility index (Phi) is 3.01. The van der Waals surface area contributed by atoms with Gasteiger partial charge in [-0.15, -0.1) is 10.2 Å². The molecule has 0 aliphatic carbocycles. The number of benzene rings is 2. The molecule has 0 aliphatic heterocycles. The third kappa shape index (κ3) is 2.35. The molecule has 1 aromatic heterocycles. The summed E-state index contributed by atoms with van der Waals surface area (Å²) in [6.07, 6.45) is 0.626. The molecule has 1 atom stereocenters. The van der Waals surface area contributed by atoms with Gasteiger partial charge >= 0.3 is 0 Å². The summed E-state index contributed by atoms with van der Waals surface area (Å²) in [5, 5.41) is 10.4. The second-order valence-electron chi connectivity index (χ2n) is 4.64. The van der Waals surface area contributed by atoms with Crippen LogP contribution in [0.1, 0.15) is 30.3 Å². The molecule has 4 heteroatoms. The average molecular weight is 253 g/mol. The molecule has 0 spiro atoms. The van der Waals surface area contributed by atoms with Crippen molar-refractivity contribution >= 4 is 10.8 Å². The third-order valence-electron chi connectivity index (χ3n) is 3.09. The van der Waals surface area contributed by atoms with Gasteiger partial charge in [-0.2, -0.15) is 0 Å². The first-order valence-electron chi connectivity index (χ1n) is 6.28. The number of hydrogen-bond donors (Lipinski definition) is 1. The smallest absolute Gasteiger partial charge is 0.232 e. The van der Waals surface area contributed by atoms with Crippen molar-refractivity contribution in [3.8, 4) is 0 Å². The van der Waals surface area contributed by atoms with E-state index in [9.17, 15) is 0 Å². The van der Waals surface area contributed by atoms with Crippen molar-refractivity contribution in [1.82, 2.24) is 10.2 Å². The lowest BCUT2D eigenvalue weighted by Crippen LogP contribution is -2.04. The fourth-order valence-electron chi connectivity index (χ4n) is 2.13. The molecule has 2 N–H and O–H groups in total. The highest BCUT2D eigenvalue weighted by Gasteiger charge is 2.11. The van der Waals surface area contributed by atoms with Crippen LogP contribution in [-0.4, -0.2) is 10.2 Å². The van der Waals surface area contributed by atoms with Crippen LogP contribution in [0.4, 0.5) is 0 Å². The minimum absolute atomic E-state index is 0.228. The van der Waals surface area contributed by atoms with Crippen LogP contribution in [0.5, 0.6) is 0 Å². The van der Waals surface area contributed by atoms with Gasteiger partial charge in [-0.1, -0.05) is 42.5 Å². The predicted molar refractivity (Wildman–Crippen MR) is 73.7 cm³/mol. The Morgan fingerprint density at radius 2 is 1.89 bits per heavy atom. The van der Waals surface area contributed by atoms with Crippen LogP contribution in [0.3, 0.4) is 0 Å². The number of aromatic nitrogens is 2. The monoisotopic (exact) mass is 253 g/mol. The highest BCUT2D eigenvalue weighted by Crippen LogP contribution is 2.21. The van der Waals surface area contributed by atoms with Crippen molar-refractivity contribution < 1.29 is 4.42 Å². The standard InChI is InChI=1S/C15H15N3O/c1-10(16)15-18-17-14(19-15)9-12-7-4-6-11-5-2-3-8-13(11)12/h2-8,10H,9,16H2,1H3. The van der Waals surface area contributed by atoms with E-state index in [1.54, 1.807) is 0 Å². The largest absolute Gasteiger partial charge is 0.423 e. The molecular formula is C15H15N3O. The highest BCUT2D eigenvalue weighted by atomic mass is 16.4. The van der Waals surface area contributed by atoms with Crippen molar-refractivity contribution in [1.29, 1.82) is 0 Å². The average Bonchev–Trinajstić information content (AvgIpc) is 2.88. The van der Waals surface area contributed by atoms with Crippen LogP contribution in [0.15, 0.2) is 46.9 Å². The van der Waals surface area contributed by atoms with Gasteiger partial charge in [0.25, 0.3) is 0 Å². The normalized spacial score (nSPS) is 12.7. The second-order valence-corrected chi connectivity index (χ2v) is 4.64. The first-order valence-corrected chi connectivity index (χ1v) is 6.28. The lowest BCUT2D eigenvalue weighted by Gasteiger charge is -2.03. The van der Waals surface area contributed by atoms with Crippen molar-refractivity contribution in [3.63, 3.8) is 0 Å². The maximum absolute atomic E-state index is 5.71. The van der Waals surface area contributed by atoms with E-state index < -0.39 is 0 Å². The Morgan fingerprint density at radius 3 is 2.68 bits per heavy atom. The summed E-state index contributed by atoms with van der Waals surface area (Å²) in [7, 11) is 0. The fourth-order valence-corrected chi connectivity index (χ4v) is 2.13. The molecule has 3 aromatic rings. The van der Waals surface area contributed by atoms with Crippen LogP contribution in [-0.2, 0) is 6.42 Å². The Labute approximate surface area is 111 Å². The molecule has 0 radical (unpaired) electrons. The predicted octanol–water partition coefficient (Wildman–Crippen LogP) is 2.83. The molecule has 19 heavy (non-hydrogen) atoms. The van der Waals surface area contributed by atoms with Crippen molar-refractivity contribution in [2.45, 2.75) is 19.4 Å². The number of rotatable bonds is 3. The number of nitrogens with zero attached hydrogens (tertiary/aromatic N) is 2. The fraction of sp³-hybridized carbons (Fsp3) is 0.200. The van der Waals surface area contributed by atoms with E-state index in [1.807, 2.05) is 25.1 Å². The number of hydrogen-bond acceptors (Lipinski definition) is 4. The summed E-state index contributed by atoms with van der Waals surface area (Å²) in [5.74, 6) is 1.08. The highest BCUT2D eigenvalue weighted by molar-refractivity contribution is 5.85. The van der Waals surface area contributed by atoms with E-state index in [4.69, 9.17) is 10.2 Å². The van der Waals surface area contributed by atoms with Crippen molar-refractivity contribution in [2.75, 3.05) is 0 Å². The Bertz CT molecular complexity index is 698. The SMILES string of the molecule is CC(N)c1nnc(Cc2cccc3ccccc23)o1. The Balaban J connectivity index is 1.96. The molecular weight excluding hydrogens is 238 g/mol. The molecule has 1 unspecified atom stereocenters. The molecule has 1 heterocycles. The molecule has 0 amide bonds. The zero-order valence-electron chi connectivity index (χ0n) is 10.7. The molecule has 0 aliphatic rings. The molecule has 0 bridgehead atoms. The summed E-state index contributed by atoms with van der Waals surface area (Å²) in [4.78, 5) is 0. The molecule has 0 saturated heterocycles. The van der Waals surface area contributed by atoms with Crippen LogP contribution in [0.2, 0.25) is 0 Å². The van der Waals surface area contributed by atoms with Gasteiger partial charge in [-0.05, 0) is 23.3 Å². The molecule has 0 fully saturated rings. The van der Waals surface area contributed by atoms with Crippen LogP contribution < -0.4 is 5.73 Å². The maximum Gasteiger partial charge on any atom is 0.232 e. The van der Waals surface area contributed by atoms with Crippen LogP contribution in [0, 0.1) is 0 Å². The Hall–Kier alpha value is -2.20. The number of fused-ring (bicyclic) bond motifs is 1. The van der Waals surface area contributed by atoms with Gasteiger partial charge in [-0.3, -0.25) is 0 Å². The van der Waals surface area contributed by atoms with E-state index in [2.05, 4.69) is 34.5 Å². The lowest BCUT2D eigenvalue weighted by atomic mass is 10.0. The topological polar surface area (TPSA) is 64.9 Å². The van der Waals surface area contributed by atoms with E-state index in [-0.39, 0.29) is 6.04 Å². The summed E-state index contributed by atoms with van der Waals surface area (Å²) in [6, 6.07) is 14.3. The van der Waals surface area contributed by atoms with Gasteiger partial charge in [-0.25, -0.2) is 0 Å². The minimum atomic E-state index is -0.228. The Morgan fingerprint density at radius 1 is 1.11 bits per heavy atom. The van der Waals surface area contributed by atoms with Gasteiger partial charge in [0, 0.05) is 0 Å². The maximum atomic E-state index is 5.71. The van der Waals surface area contributed by atoms with Gasteiger partial charge in [0.15, 0.2) is 0 Å². The quantitative estimate of drug-likeness (QED) is 0.779. The van der Waals surface area contributed by atoms with Gasteiger partial charge in [0.2, 0.25) is 11.8 Å². The molecule has 2 aromatic carbocycles. The van der Waals surface area contributed by atoms with E-state index in [0.29, 0.717) is 18.2 Å². The summed E-state index contributed by atoms with van der Waals surface area (Å²) in [6.45, 7) is 1.83. The lowest BCUT2D eigenvalue weighted by molar-refractivity contribution is 0.434. The second kappa shape index (κ2) is 4.82. The molecule has 3 rings (SSSR count). The first kappa shape index (κ1) is 11.9.